The van der Waals surface area contributed by atoms with Gasteiger partial charge in [-0.1, -0.05) is 0 Å². The molecule has 0 bridgehead atoms. The molecule has 0 aromatic heterocycles. The Labute approximate surface area is 67.5 Å². The second kappa shape index (κ2) is 143. The molecule has 0 unspecified atom stereocenters. The lowest BCUT2D eigenvalue weighted by Crippen LogP contribution is -2.07. The molecule has 0 saturated carbocycles. The summed E-state index contributed by atoms with van der Waals surface area (Å²) in [6, 6.07) is 0. The van der Waals surface area contributed by atoms with Crippen LogP contribution in [-0.4, -0.2) is 66.2 Å². The molecule has 11 nitrogen and oxygen atoms in total. The van der Waals surface area contributed by atoms with E-state index >= 15 is 0 Å². The van der Waals surface area contributed by atoms with E-state index in [9.17, 15) is 0 Å². The lowest BCUT2D eigenvalue weighted by molar-refractivity contribution is 0.278. The van der Waals surface area contributed by atoms with Crippen LogP contribution >= 0.6 is 0 Å². The minimum Gasteiger partial charge on any atom is -0.412 e. The van der Waals surface area contributed by atoms with Crippen LogP contribution in [0.2, 0.25) is 0 Å². The molecule has 19 N–H and O–H groups in total. The van der Waals surface area contributed by atoms with Crippen molar-refractivity contribution in [3.8, 4) is 0 Å². The third-order valence-corrected chi connectivity index (χ3v) is 0. The van der Waals surface area contributed by atoms with Gasteiger partial charge in [-0.2, -0.15) is 0 Å². The quantitative estimate of drug-likeness (QED) is 0.324. The molecule has 12 heavy (non-hydrogen) atoms. The second-order valence-electron chi connectivity index (χ2n) is 0.346. The first kappa shape index (κ1) is 190. The topological polar surface area (TPSA) is 313 Å². The first-order valence-electron chi connectivity index (χ1n) is 0.775. The van der Waals surface area contributed by atoms with Gasteiger partial charge in [-0.05, 0) is 0 Å². The highest BCUT2D eigenvalue weighted by Gasteiger charge is 1.92. The van der Waals surface area contributed by atoms with Gasteiger partial charge in [0.1, 0.15) is 0 Å². The van der Waals surface area contributed by atoms with Crippen LogP contribution in [-0.2, 0) is 0 Å². The Morgan fingerprint density at radius 2 is 0.417 bits per heavy atom. The molecule has 0 fully saturated rings. The zero-order valence-corrected chi connectivity index (χ0v) is 5.92. The molecule has 0 aromatic carbocycles. The SMILES string of the molecule is O.O.O.O.O.O.O.O.OB(O)O. The predicted octanol–water partition coefficient (Wildman–Crippen LogP) is -8.65. The molecule has 0 radical (unpaired) electrons. The van der Waals surface area contributed by atoms with Crippen LogP contribution in [0.5, 0.6) is 0 Å². The summed E-state index contributed by atoms with van der Waals surface area (Å²) < 4.78 is 0. The van der Waals surface area contributed by atoms with Crippen molar-refractivity contribution in [2.75, 3.05) is 0 Å². The lowest BCUT2D eigenvalue weighted by Gasteiger charge is -1.69. The van der Waals surface area contributed by atoms with E-state index in [1.165, 1.54) is 0 Å². The van der Waals surface area contributed by atoms with Crippen LogP contribution in [0.15, 0.2) is 0 Å². The Hall–Kier alpha value is -0.375. The lowest BCUT2D eigenvalue weighted by atomic mass is 10.3. The summed E-state index contributed by atoms with van der Waals surface area (Å²) in [6.07, 6.45) is 0. The van der Waals surface area contributed by atoms with E-state index < -0.39 is 7.32 Å². The zero-order chi connectivity index (χ0) is 3.58. The maximum Gasteiger partial charge on any atom is 0.631 e. The predicted molar refractivity (Wildman–Crippen MR) is 41.3 cm³/mol. The standard InChI is InChI=1S/BH3O3.8H2O/c2-1(3)4;;;;;;;;/h2-4H;8*1H2. The fraction of sp³-hybridized carbons (Fsp3) is 0. The van der Waals surface area contributed by atoms with Gasteiger partial charge in [0, 0.05) is 0 Å². The van der Waals surface area contributed by atoms with Gasteiger partial charge in [-0.3, -0.25) is 0 Å². The maximum atomic E-state index is 7.17. The van der Waals surface area contributed by atoms with Crippen molar-refractivity contribution in [2.24, 2.45) is 0 Å². The van der Waals surface area contributed by atoms with Gasteiger partial charge in [0.2, 0.25) is 0 Å². The Bertz CT molecular complexity index is 9.72. The second-order valence-corrected chi connectivity index (χ2v) is 0.346. The Morgan fingerprint density at radius 3 is 0.417 bits per heavy atom. The molecular weight excluding hydrogens is 187 g/mol. The van der Waals surface area contributed by atoms with Crippen molar-refractivity contribution in [2.45, 2.75) is 0 Å². The van der Waals surface area contributed by atoms with Gasteiger partial charge >= 0.3 is 7.32 Å². The minimum atomic E-state index is -2.17. The monoisotopic (exact) mass is 206 g/mol. The van der Waals surface area contributed by atoms with E-state index in [1.54, 1.807) is 0 Å². The molecule has 0 aliphatic heterocycles. The molecule has 0 rings (SSSR count). The average Bonchev–Trinajstić information content (AvgIpc) is 0.811. The normalized spacial score (nSPS) is 2.25. The van der Waals surface area contributed by atoms with Crippen LogP contribution in [0.4, 0.5) is 0 Å². The van der Waals surface area contributed by atoms with Crippen LogP contribution < -0.4 is 0 Å². The first-order chi connectivity index (χ1) is 1.73. The molecule has 0 atom stereocenters. The fourth-order valence-electron chi connectivity index (χ4n) is 0. The number of rotatable bonds is 0. The van der Waals surface area contributed by atoms with Crippen molar-refractivity contribution >= 4 is 7.32 Å². The first-order valence-corrected chi connectivity index (χ1v) is 0.775. The molecular formula is H19BO11. The molecule has 88 valence electrons. The highest BCUT2D eigenvalue weighted by Crippen LogP contribution is 1.40. The van der Waals surface area contributed by atoms with E-state index in [0.717, 1.165) is 0 Å². The summed E-state index contributed by atoms with van der Waals surface area (Å²) >= 11 is 0. The number of hydrogen-bond acceptors (Lipinski definition) is 3. The number of hydrogen-bond donors (Lipinski definition) is 3. The maximum absolute atomic E-state index is 7.17. The van der Waals surface area contributed by atoms with Gasteiger partial charge < -0.3 is 58.9 Å². The highest BCUT2D eigenvalue weighted by atomic mass is 16.5. The largest absolute Gasteiger partial charge is 0.631 e. The summed E-state index contributed by atoms with van der Waals surface area (Å²) in [4.78, 5) is 0. The summed E-state index contributed by atoms with van der Waals surface area (Å²) in [7, 11) is -2.17. The smallest absolute Gasteiger partial charge is 0.412 e. The van der Waals surface area contributed by atoms with E-state index in [1.807, 2.05) is 0 Å². The zero-order valence-electron chi connectivity index (χ0n) is 5.92. The van der Waals surface area contributed by atoms with Crippen LogP contribution in [0.25, 0.3) is 0 Å². The van der Waals surface area contributed by atoms with Crippen LogP contribution in [0.3, 0.4) is 0 Å². The van der Waals surface area contributed by atoms with E-state index in [2.05, 4.69) is 0 Å². The van der Waals surface area contributed by atoms with E-state index in [0.29, 0.717) is 0 Å². The molecule has 0 spiro atoms. The van der Waals surface area contributed by atoms with Gasteiger partial charge in [0.15, 0.2) is 0 Å². The van der Waals surface area contributed by atoms with Crippen LogP contribution in [0.1, 0.15) is 0 Å². The highest BCUT2D eigenvalue weighted by molar-refractivity contribution is 6.30. The minimum absolute atomic E-state index is 0. The Morgan fingerprint density at radius 1 is 0.417 bits per heavy atom. The summed E-state index contributed by atoms with van der Waals surface area (Å²) in [6.45, 7) is 0. The molecule has 0 aliphatic carbocycles. The fourth-order valence-corrected chi connectivity index (χ4v) is 0. The molecule has 0 heterocycles. The summed E-state index contributed by atoms with van der Waals surface area (Å²) in [5.74, 6) is 0. The average molecular weight is 206 g/mol. The Balaban J connectivity index is -0.00000000161. The van der Waals surface area contributed by atoms with Crippen molar-refractivity contribution in [1.29, 1.82) is 0 Å². The van der Waals surface area contributed by atoms with Crippen molar-refractivity contribution in [1.82, 2.24) is 0 Å². The van der Waals surface area contributed by atoms with E-state index in [-0.39, 0.29) is 43.8 Å². The van der Waals surface area contributed by atoms with Gasteiger partial charge in [0.25, 0.3) is 0 Å². The Kier molecular flexibility index (Phi) is 2270. The van der Waals surface area contributed by atoms with Gasteiger partial charge in [0.05, 0.1) is 0 Å². The third-order valence-electron chi connectivity index (χ3n) is 0. The third kappa shape index (κ3) is 5090. The van der Waals surface area contributed by atoms with Crippen molar-refractivity contribution < 1.29 is 58.9 Å². The summed E-state index contributed by atoms with van der Waals surface area (Å²) in [5.41, 5.74) is 0. The van der Waals surface area contributed by atoms with E-state index in [4.69, 9.17) is 15.1 Å². The molecule has 0 amide bonds. The molecule has 0 aromatic rings. The molecule has 0 saturated heterocycles. The van der Waals surface area contributed by atoms with Gasteiger partial charge in [-0.15, -0.1) is 0 Å². The van der Waals surface area contributed by atoms with Gasteiger partial charge in [-0.25, -0.2) is 0 Å². The van der Waals surface area contributed by atoms with Crippen molar-refractivity contribution in [3.63, 3.8) is 0 Å². The summed E-state index contributed by atoms with van der Waals surface area (Å²) in [5, 5.41) is 21.5. The van der Waals surface area contributed by atoms with Crippen LogP contribution in [0, 0.1) is 0 Å². The van der Waals surface area contributed by atoms with Crippen molar-refractivity contribution in [3.05, 3.63) is 0 Å². The molecule has 12 heteroatoms. The molecule has 0 aliphatic rings.